The first kappa shape index (κ1) is 14.9. The van der Waals surface area contributed by atoms with Crippen molar-refractivity contribution in [2.45, 2.75) is 31.7 Å². The van der Waals surface area contributed by atoms with E-state index in [4.69, 9.17) is 9.47 Å². The zero-order valence-electron chi connectivity index (χ0n) is 11.0. The summed E-state index contributed by atoms with van der Waals surface area (Å²) in [7, 11) is 0. The predicted molar refractivity (Wildman–Crippen MR) is 73.2 cm³/mol. The summed E-state index contributed by atoms with van der Waals surface area (Å²) in [6.07, 6.45) is 9.47. The lowest BCUT2D eigenvalue weighted by Gasteiger charge is -2.30. The van der Waals surface area contributed by atoms with Gasteiger partial charge in [0, 0.05) is 12.0 Å². The Morgan fingerprint density at radius 1 is 1.39 bits per heavy atom. The number of hydrogen-bond acceptors (Lipinski definition) is 3. The minimum absolute atomic E-state index is 0.392. The Bertz CT molecular complexity index is 336. The molecule has 0 bridgehead atoms. The average Bonchev–Trinajstić information content (AvgIpc) is 2.78. The van der Waals surface area contributed by atoms with Crippen LogP contribution in [0.1, 0.15) is 19.8 Å². The Morgan fingerprint density at radius 2 is 2.06 bits per heavy atom. The van der Waals surface area contributed by atoms with Crippen LogP contribution < -0.4 is 0 Å². The Kier molecular flexibility index (Phi) is 6.05. The summed E-state index contributed by atoms with van der Waals surface area (Å²) in [6, 6.07) is 0. The van der Waals surface area contributed by atoms with Crippen LogP contribution in [-0.4, -0.2) is 30.2 Å². The summed E-state index contributed by atoms with van der Waals surface area (Å²) in [5.74, 6) is -0.858. The second-order valence-electron chi connectivity index (χ2n) is 4.19. The third kappa shape index (κ3) is 3.67. The summed E-state index contributed by atoms with van der Waals surface area (Å²) < 4.78 is 11.5. The molecule has 0 amide bonds. The van der Waals surface area contributed by atoms with Crippen molar-refractivity contribution < 1.29 is 14.6 Å². The first-order chi connectivity index (χ1) is 8.68. The summed E-state index contributed by atoms with van der Waals surface area (Å²) in [4.78, 5) is 0. The number of aliphatic hydroxyl groups excluding tert-OH is 1. The average molecular weight is 250 g/mol. The van der Waals surface area contributed by atoms with Crippen molar-refractivity contribution in [2.24, 2.45) is 0 Å². The van der Waals surface area contributed by atoms with Gasteiger partial charge in [0.1, 0.15) is 0 Å². The normalized spacial score (nSPS) is 21.1. The van der Waals surface area contributed by atoms with Gasteiger partial charge in [-0.25, -0.2) is 0 Å². The summed E-state index contributed by atoms with van der Waals surface area (Å²) in [6.45, 7) is 10.3. The van der Waals surface area contributed by atoms with Crippen LogP contribution in [0.25, 0.3) is 0 Å². The van der Waals surface area contributed by atoms with Gasteiger partial charge in [-0.15, -0.1) is 6.58 Å². The molecule has 3 nitrogen and oxygen atoms in total. The van der Waals surface area contributed by atoms with Gasteiger partial charge in [-0.3, -0.25) is 0 Å². The van der Waals surface area contributed by atoms with Crippen molar-refractivity contribution in [1.82, 2.24) is 0 Å². The Labute approximate surface area is 109 Å². The third-order valence-corrected chi connectivity index (χ3v) is 2.78. The van der Waals surface area contributed by atoms with Crippen LogP contribution in [0.2, 0.25) is 0 Å². The lowest BCUT2D eigenvalue weighted by atomic mass is 9.96. The molecule has 1 aliphatic heterocycles. The monoisotopic (exact) mass is 250 g/mol. The van der Waals surface area contributed by atoms with E-state index in [0.717, 1.165) is 5.57 Å². The quantitative estimate of drug-likeness (QED) is 0.558. The highest BCUT2D eigenvalue weighted by Gasteiger charge is 2.40. The second-order valence-corrected chi connectivity index (χ2v) is 4.19. The van der Waals surface area contributed by atoms with Crippen LogP contribution in [0.15, 0.2) is 49.1 Å². The molecule has 0 spiro atoms. The van der Waals surface area contributed by atoms with Gasteiger partial charge in [0.25, 0.3) is 0 Å². The molecule has 18 heavy (non-hydrogen) atoms. The molecule has 0 aromatic rings. The van der Waals surface area contributed by atoms with E-state index in [0.29, 0.717) is 26.1 Å². The molecule has 0 aromatic heterocycles. The number of aliphatic hydroxyl groups is 1. The molecule has 1 fully saturated rings. The van der Waals surface area contributed by atoms with Crippen LogP contribution >= 0.6 is 0 Å². The highest BCUT2D eigenvalue weighted by Crippen LogP contribution is 2.34. The molecule has 100 valence electrons. The van der Waals surface area contributed by atoms with Crippen LogP contribution in [0, 0.1) is 0 Å². The van der Waals surface area contributed by atoms with Gasteiger partial charge in [-0.2, -0.15) is 0 Å². The molecular weight excluding hydrogens is 228 g/mol. The van der Waals surface area contributed by atoms with E-state index < -0.39 is 11.9 Å². The standard InChI is InChI=1S/C15H22O3/c1-4-7-13(8-5-2)15(17-10-11-18-15)12-14(16)9-6-3/h4-8,14,16H,1,3,9-12H2,2H3/b8-5-,13-7+. The molecule has 3 heteroatoms. The molecule has 1 unspecified atom stereocenters. The summed E-state index contributed by atoms with van der Waals surface area (Å²) in [5.41, 5.74) is 0.876. The van der Waals surface area contributed by atoms with Crippen molar-refractivity contribution in [1.29, 1.82) is 0 Å². The predicted octanol–water partition coefficient (Wildman–Crippen LogP) is 2.75. The van der Waals surface area contributed by atoms with Gasteiger partial charge in [-0.1, -0.05) is 37.0 Å². The van der Waals surface area contributed by atoms with Crippen molar-refractivity contribution in [3.05, 3.63) is 49.1 Å². The van der Waals surface area contributed by atoms with E-state index in [-0.39, 0.29) is 0 Å². The van der Waals surface area contributed by atoms with Crippen LogP contribution in [0.3, 0.4) is 0 Å². The first-order valence-electron chi connectivity index (χ1n) is 6.21. The zero-order chi connectivity index (χ0) is 13.4. The van der Waals surface area contributed by atoms with Gasteiger partial charge < -0.3 is 14.6 Å². The Morgan fingerprint density at radius 3 is 2.56 bits per heavy atom. The van der Waals surface area contributed by atoms with E-state index in [1.165, 1.54) is 0 Å². The van der Waals surface area contributed by atoms with Gasteiger partial charge >= 0.3 is 0 Å². The molecule has 1 saturated heterocycles. The lowest BCUT2D eigenvalue weighted by Crippen LogP contribution is -2.36. The van der Waals surface area contributed by atoms with Crippen LogP contribution in [0.5, 0.6) is 0 Å². The highest BCUT2D eigenvalue weighted by molar-refractivity contribution is 5.30. The smallest absolute Gasteiger partial charge is 0.197 e. The Hall–Kier alpha value is -1.16. The number of allylic oxidation sites excluding steroid dienone is 3. The fourth-order valence-corrected chi connectivity index (χ4v) is 2.06. The molecule has 0 saturated carbocycles. The number of rotatable bonds is 7. The Balaban J connectivity index is 2.94. The summed E-state index contributed by atoms with van der Waals surface area (Å²) in [5, 5.41) is 9.95. The van der Waals surface area contributed by atoms with Crippen molar-refractivity contribution in [2.75, 3.05) is 13.2 Å². The van der Waals surface area contributed by atoms with E-state index in [1.54, 1.807) is 12.2 Å². The molecular formula is C15H22O3. The fourth-order valence-electron chi connectivity index (χ4n) is 2.06. The SMILES string of the molecule is C=C/C=C(\C=C/C)C1(CC(O)CC=C)OCCO1. The van der Waals surface area contributed by atoms with Crippen LogP contribution in [0.4, 0.5) is 0 Å². The van der Waals surface area contributed by atoms with Crippen molar-refractivity contribution in [3.63, 3.8) is 0 Å². The number of ether oxygens (including phenoxy) is 2. The van der Waals surface area contributed by atoms with E-state index in [9.17, 15) is 5.11 Å². The molecule has 1 N–H and O–H groups in total. The maximum absolute atomic E-state index is 9.95. The molecule has 0 aliphatic carbocycles. The third-order valence-electron chi connectivity index (χ3n) is 2.78. The topological polar surface area (TPSA) is 38.7 Å². The molecule has 0 aromatic carbocycles. The maximum atomic E-state index is 9.95. The zero-order valence-corrected chi connectivity index (χ0v) is 11.0. The van der Waals surface area contributed by atoms with Gasteiger partial charge in [-0.05, 0) is 13.3 Å². The van der Waals surface area contributed by atoms with Gasteiger partial charge in [0.2, 0.25) is 0 Å². The molecule has 1 atom stereocenters. The van der Waals surface area contributed by atoms with Gasteiger partial charge in [0.05, 0.1) is 19.3 Å². The molecule has 1 aliphatic rings. The van der Waals surface area contributed by atoms with E-state index in [1.807, 2.05) is 25.2 Å². The molecule has 1 rings (SSSR count). The second kappa shape index (κ2) is 7.31. The van der Waals surface area contributed by atoms with Crippen molar-refractivity contribution >= 4 is 0 Å². The van der Waals surface area contributed by atoms with E-state index in [2.05, 4.69) is 13.2 Å². The largest absolute Gasteiger partial charge is 0.393 e. The first-order valence-corrected chi connectivity index (χ1v) is 6.21. The van der Waals surface area contributed by atoms with Gasteiger partial charge in [0.15, 0.2) is 5.79 Å². The molecule has 0 radical (unpaired) electrons. The maximum Gasteiger partial charge on any atom is 0.197 e. The van der Waals surface area contributed by atoms with Crippen molar-refractivity contribution in [3.8, 4) is 0 Å². The lowest BCUT2D eigenvalue weighted by molar-refractivity contribution is -0.144. The van der Waals surface area contributed by atoms with Crippen LogP contribution in [-0.2, 0) is 9.47 Å². The summed E-state index contributed by atoms with van der Waals surface area (Å²) >= 11 is 0. The highest BCUT2D eigenvalue weighted by atomic mass is 16.7. The minimum atomic E-state index is -0.858. The molecule has 1 heterocycles. The number of hydrogen-bond donors (Lipinski definition) is 1. The van der Waals surface area contributed by atoms with E-state index >= 15 is 0 Å². The minimum Gasteiger partial charge on any atom is -0.393 e. The fraction of sp³-hybridized carbons (Fsp3) is 0.467.